The van der Waals surface area contributed by atoms with Crippen LogP contribution in [0.4, 0.5) is 13.2 Å². The Labute approximate surface area is 132 Å². The normalized spacial score (nSPS) is 22.1. The lowest BCUT2D eigenvalue weighted by atomic mass is 10.0. The maximum Gasteiger partial charge on any atom is 0.420 e. The minimum absolute atomic E-state index is 0.0440. The van der Waals surface area contributed by atoms with Gasteiger partial charge in [-0.05, 0) is 55.8 Å². The van der Waals surface area contributed by atoms with Gasteiger partial charge in [0.15, 0.2) is 11.5 Å². The second kappa shape index (κ2) is 4.72. The van der Waals surface area contributed by atoms with E-state index in [4.69, 9.17) is 4.42 Å². The van der Waals surface area contributed by atoms with Gasteiger partial charge in [0.25, 0.3) is 0 Å². The molecule has 23 heavy (non-hydrogen) atoms. The van der Waals surface area contributed by atoms with Crippen molar-refractivity contribution in [2.45, 2.75) is 45.3 Å². The summed E-state index contributed by atoms with van der Waals surface area (Å²) in [5.41, 5.74) is 0.523. The van der Waals surface area contributed by atoms with Gasteiger partial charge >= 0.3 is 6.18 Å². The van der Waals surface area contributed by atoms with Crippen LogP contribution < -0.4 is 0 Å². The van der Waals surface area contributed by atoms with Crippen molar-refractivity contribution in [2.75, 3.05) is 13.1 Å². The molecule has 1 saturated heterocycles. The number of hydrogen-bond acceptors (Lipinski definition) is 3. The molecule has 0 amide bonds. The summed E-state index contributed by atoms with van der Waals surface area (Å²) in [5.74, 6) is 0.258. The van der Waals surface area contributed by atoms with Gasteiger partial charge in [-0.25, -0.2) is 4.98 Å². The number of fused-ring (bicyclic) bond motifs is 1. The molecule has 1 aromatic carbocycles. The van der Waals surface area contributed by atoms with Crippen LogP contribution in [0.5, 0.6) is 0 Å². The lowest BCUT2D eigenvalue weighted by molar-refractivity contribution is -0.136. The van der Waals surface area contributed by atoms with Gasteiger partial charge in [0.05, 0.1) is 0 Å². The number of likely N-dealkylation sites (tertiary alicyclic amines) is 1. The van der Waals surface area contributed by atoms with Crippen LogP contribution in [0.25, 0.3) is 11.1 Å². The number of halogens is 3. The standard InChI is InChI=1S/C17H19F3N2O/c1-10(22-6-5-16(9-22)3-4-16)12-7-13(17(18,19)20)15-14(8-12)21-11(2)23-15/h7-8,10H,3-6,9H2,1-2H3. The molecule has 0 N–H and O–H groups in total. The largest absolute Gasteiger partial charge is 0.440 e. The molecular formula is C17H19F3N2O. The van der Waals surface area contributed by atoms with Crippen LogP contribution in [-0.2, 0) is 6.18 Å². The van der Waals surface area contributed by atoms with E-state index in [0.717, 1.165) is 19.5 Å². The Morgan fingerprint density at radius 1 is 1.26 bits per heavy atom. The Bertz CT molecular complexity index is 761. The molecule has 124 valence electrons. The van der Waals surface area contributed by atoms with Gasteiger partial charge in [-0.15, -0.1) is 0 Å². The monoisotopic (exact) mass is 324 g/mol. The minimum atomic E-state index is -4.44. The third kappa shape index (κ3) is 2.53. The van der Waals surface area contributed by atoms with Crippen molar-refractivity contribution in [1.29, 1.82) is 0 Å². The van der Waals surface area contributed by atoms with Crippen molar-refractivity contribution < 1.29 is 17.6 Å². The summed E-state index contributed by atoms with van der Waals surface area (Å²) in [7, 11) is 0. The first kappa shape index (κ1) is 15.0. The molecule has 1 atom stereocenters. The van der Waals surface area contributed by atoms with E-state index in [0.29, 0.717) is 16.5 Å². The Morgan fingerprint density at radius 3 is 2.61 bits per heavy atom. The maximum atomic E-state index is 13.4. The second-order valence-electron chi connectivity index (χ2n) is 7.04. The van der Waals surface area contributed by atoms with Crippen LogP contribution in [0.15, 0.2) is 16.5 Å². The SMILES string of the molecule is Cc1nc2cc(C(C)N3CCC4(CC4)C3)cc(C(F)(F)F)c2o1. The number of nitrogens with zero attached hydrogens (tertiary/aromatic N) is 2. The summed E-state index contributed by atoms with van der Waals surface area (Å²) in [5, 5.41) is 0. The number of aromatic nitrogens is 1. The zero-order valence-electron chi connectivity index (χ0n) is 13.2. The van der Waals surface area contributed by atoms with Crippen LogP contribution in [0.2, 0.25) is 0 Å². The predicted octanol–water partition coefficient (Wildman–Crippen LogP) is 4.70. The third-order valence-electron chi connectivity index (χ3n) is 5.38. The van der Waals surface area contributed by atoms with E-state index in [1.54, 1.807) is 13.0 Å². The number of oxazole rings is 1. The van der Waals surface area contributed by atoms with Crippen LogP contribution >= 0.6 is 0 Å². The van der Waals surface area contributed by atoms with E-state index in [9.17, 15) is 13.2 Å². The highest BCUT2D eigenvalue weighted by atomic mass is 19.4. The van der Waals surface area contributed by atoms with Gasteiger partial charge in [-0.3, -0.25) is 4.90 Å². The fraction of sp³-hybridized carbons (Fsp3) is 0.588. The lowest BCUT2D eigenvalue weighted by Gasteiger charge is -2.25. The van der Waals surface area contributed by atoms with Crippen molar-refractivity contribution in [3.63, 3.8) is 0 Å². The molecule has 2 fully saturated rings. The van der Waals surface area contributed by atoms with E-state index in [-0.39, 0.29) is 17.5 Å². The predicted molar refractivity (Wildman–Crippen MR) is 80.0 cm³/mol. The van der Waals surface area contributed by atoms with E-state index in [2.05, 4.69) is 9.88 Å². The zero-order valence-corrected chi connectivity index (χ0v) is 13.2. The van der Waals surface area contributed by atoms with Gasteiger partial charge in [-0.1, -0.05) is 0 Å². The summed E-state index contributed by atoms with van der Waals surface area (Å²) in [4.78, 5) is 6.41. The first-order valence-corrected chi connectivity index (χ1v) is 8.00. The van der Waals surface area contributed by atoms with Gasteiger partial charge in [0.2, 0.25) is 0 Å². The van der Waals surface area contributed by atoms with Crippen molar-refractivity contribution in [3.8, 4) is 0 Å². The summed E-state index contributed by atoms with van der Waals surface area (Å²) < 4.78 is 45.3. The Hall–Kier alpha value is -1.56. The van der Waals surface area contributed by atoms with Gasteiger partial charge in [0, 0.05) is 19.5 Å². The van der Waals surface area contributed by atoms with Crippen molar-refractivity contribution >= 4 is 11.1 Å². The van der Waals surface area contributed by atoms with Crippen LogP contribution in [-0.4, -0.2) is 23.0 Å². The average molecular weight is 324 g/mol. The highest BCUT2D eigenvalue weighted by molar-refractivity contribution is 5.78. The molecule has 2 aliphatic rings. The molecule has 4 rings (SSSR count). The number of rotatable bonds is 2. The molecule has 1 saturated carbocycles. The molecule has 1 unspecified atom stereocenters. The van der Waals surface area contributed by atoms with Crippen molar-refractivity contribution in [1.82, 2.24) is 9.88 Å². The van der Waals surface area contributed by atoms with Crippen LogP contribution in [0.3, 0.4) is 0 Å². The summed E-state index contributed by atoms with van der Waals surface area (Å²) >= 11 is 0. The quantitative estimate of drug-likeness (QED) is 0.802. The van der Waals surface area contributed by atoms with Crippen molar-refractivity contribution in [2.24, 2.45) is 5.41 Å². The van der Waals surface area contributed by atoms with E-state index < -0.39 is 11.7 Å². The Kier molecular flexibility index (Phi) is 3.08. The fourth-order valence-corrected chi connectivity index (χ4v) is 3.71. The lowest BCUT2D eigenvalue weighted by Crippen LogP contribution is -2.25. The van der Waals surface area contributed by atoms with Gasteiger partial charge in [-0.2, -0.15) is 13.2 Å². The first-order valence-electron chi connectivity index (χ1n) is 8.00. The van der Waals surface area contributed by atoms with Crippen molar-refractivity contribution in [3.05, 3.63) is 29.2 Å². The molecule has 1 aliphatic carbocycles. The number of hydrogen-bond donors (Lipinski definition) is 0. The van der Waals surface area contributed by atoms with Crippen LogP contribution in [0, 0.1) is 12.3 Å². The molecule has 0 radical (unpaired) electrons. The number of aryl methyl sites for hydroxylation is 1. The summed E-state index contributed by atoms with van der Waals surface area (Å²) in [6, 6.07) is 2.93. The molecule has 1 aromatic heterocycles. The first-order chi connectivity index (χ1) is 10.8. The molecular weight excluding hydrogens is 305 g/mol. The second-order valence-corrected chi connectivity index (χ2v) is 7.04. The molecule has 2 aromatic rings. The smallest absolute Gasteiger partial charge is 0.420 e. The molecule has 6 heteroatoms. The van der Waals surface area contributed by atoms with E-state index >= 15 is 0 Å². The number of benzene rings is 1. The zero-order chi connectivity index (χ0) is 16.4. The minimum Gasteiger partial charge on any atom is -0.440 e. The highest BCUT2D eigenvalue weighted by Crippen LogP contribution is 2.54. The molecule has 1 spiro atoms. The van der Waals surface area contributed by atoms with Gasteiger partial charge < -0.3 is 4.42 Å². The summed E-state index contributed by atoms with van der Waals surface area (Å²) in [6.45, 7) is 5.50. The maximum absolute atomic E-state index is 13.4. The Morgan fingerprint density at radius 2 is 2.00 bits per heavy atom. The van der Waals surface area contributed by atoms with Gasteiger partial charge in [0.1, 0.15) is 11.1 Å². The molecule has 2 heterocycles. The molecule has 0 bridgehead atoms. The Balaban J connectivity index is 1.74. The van der Waals surface area contributed by atoms with Crippen LogP contribution in [0.1, 0.15) is 49.2 Å². The molecule has 3 nitrogen and oxygen atoms in total. The average Bonchev–Trinajstić information content (AvgIpc) is 2.91. The highest BCUT2D eigenvalue weighted by Gasteiger charge is 2.48. The third-order valence-corrected chi connectivity index (χ3v) is 5.38. The molecule has 1 aliphatic heterocycles. The summed E-state index contributed by atoms with van der Waals surface area (Å²) in [6.07, 6.45) is -0.769. The van der Waals surface area contributed by atoms with E-state index in [1.807, 2.05) is 6.92 Å². The topological polar surface area (TPSA) is 29.3 Å². The van der Waals surface area contributed by atoms with E-state index in [1.165, 1.54) is 18.9 Å². The number of alkyl halides is 3. The fourth-order valence-electron chi connectivity index (χ4n) is 3.71.